The maximum atomic E-state index is 12.6. The fraction of sp³-hybridized carbons (Fsp3) is 0.550. The summed E-state index contributed by atoms with van der Waals surface area (Å²) in [6.07, 6.45) is 5.79. The molecule has 0 unspecified atom stereocenters. The Kier molecular flexibility index (Phi) is 5.51. The summed E-state index contributed by atoms with van der Waals surface area (Å²) in [6, 6.07) is 3.80. The lowest BCUT2D eigenvalue weighted by atomic mass is 10.0. The molecule has 1 aliphatic heterocycles. The molecule has 0 spiro atoms. The van der Waals surface area contributed by atoms with Crippen LogP contribution in [0.5, 0.6) is 17.2 Å². The molecular weight excluding hydrogens is 318 g/mol. The van der Waals surface area contributed by atoms with Gasteiger partial charge in [-0.15, -0.1) is 0 Å². The number of benzene rings is 1. The van der Waals surface area contributed by atoms with Gasteiger partial charge >= 0.3 is 0 Å². The summed E-state index contributed by atoms with van der Waals surface area (Å²) in [7, 11) is 4.80. The molecule has 136 valence electrons. The van der Waals surface area contributed by atoms with Crippen LogP contribution in [0.1, 0.15) is 37.7 Å². The number of aryl methyl sites for hydroxylation is 1. The molecule has 0 bridgehead atoms. The van der Waals surface area contributed by atoms with Crippen molar-refractivity contribution >= 4 is 5.91 Å². The number of amides is 1. The molecule has 5 heteroatoms. The normalized spacial score (nSPS) is 16.7. The zero-order valence-corrected chi connectivity index (χ0v) is 15.4. The molecule has 0 N–H and O–H groups in total. The molecule has 0 aromatic heterocycles. The highest BCUT2D eigenvalue weighted by atomic mass is 16.5. The van der Waals surface area contributed by atoms with E-state index in [2.05, 4.69) is 0 Å². The fourth-order valence-electron chi connectivity index (χ4n) is 3.56. The minimum atomic E-state index is 0.219. The van der Waals surface area contributed by atoms with E-state index in [0.29, 0.717) is 30.1 Å². The number of carbonyl (C=O) groups excluding carboxylic acids is 1. The summed E-state index contributed by atoms with van der Waals surface area (Å²) >= 11 is 0. The number of nitrogens with zero attached hydrogens (tertiary/aromatic N) is 1. The summed E-state index contributed by atoms with van der Waals surface area (Å²) in [5.74, 6) is 2.07. The van der Waals surface area contributed by atoms with Gasteiger partial charge in [-0.05, 0) is 43.7 Å². The Balaban J connectivity index is 1.61. The average molecular weight is 345 g/mol. The maximum absolute atomic E-state index is 12.6. The van der Waals surface area contributed by atoms with Crippen molar-refractivity contribution < 1.29 is 19.0 Å². The first-order chi connectivity index (χ1) is 12.2. The number of methoxy groups -OCH3 is 3. The molecule has 1 saturated carbocycles. The smallest absolute Gasteiger partial charge is 0.222 e. The van der Waals surface area contributed by atoms with Gasteiger partial charge in [0.15, 0.2) is 11.5 Å². The highest BCUT2D eigenvalue weighted by molar-refractivity contribution is 5.77. The molecule has 3 rings (SSSR count). The standard InChI is InChI=1S/C20H27NO4/c1-23-17-8-6-16(19(24-2)20(17)25-3)7-9-18(22)21-12-10-15(11-13-21)14-4-5-14/h6,8H,4-5,7,9-13H2,1-3H3. The first-order valence-electron chi connectivity index (χ1n) is 8.93. The second kappa shape index (κ2) is 7.81. The minimum Gasteiger partial charge on any atom is -0.493 e. The van der Waals surface area contributed by atoms with Gasteiger partial charge in [0.2, 0.25) is 11.7 Å². The molecule has 1 aromatic rings. The number of likely N-dealkylation sites (tertiary alicyclic amines) is 1. The van der Waals surface area contributed by atoms with E-state index in [-0.39, 0.29) is 5.91 Å². The van der Waals surface area contributed by atoms with Crippen LogP contribution in [-0.2, 0) is 11.2 Å². The minimum absolute atomic E-state index is 0.219. The van der Waals surface area contributed by atoms with Gasteiger partial charge in [-0.1, -0.05) is 17.2 Å². The second-order valence-electron chi connectivity index (χ2n) is 6.58. The number of hydrogen-bond acceptors (Lipinski definition) is 4. The molecule has 2 aliphatic rings. The number of carbonyl (C=O) groups is 1. The number of hydrogen-bond donors (Lipinski definition) is 0. The van der Waals surface area contributed by atoms with E-state index in [0.717, 1.165) is 31.5 Å². The molecule has 1 heterocycles. The fourth-order valence-corrected chi connectivity index (χ4v) is 3.56. The van der Waals surface area contributed by atoms with Crippen LogP contribution in [0, 0.1) is 0 Å². The quantitative estimate of drug-likeness (QED) is 0.742. The number of ether oxygens (including phenoxy) is 3. The van der Waals surface area contributed by atoms with E-state index in [9.17, 15) is 4.79 Å². The van der Waals surface area contributed by atoms with Gasteiger partial charge in [0.1, 0.15) is 0 Å². The summed E-state index contributed by atoms with van der Waals surface area (Å²) in [6.45, 7) is 1.72. The van der Waals surface area contributed by atoms with Gasteiger partial charge in [0.05, 0.1) is 21.3 Å². The van der Waals surface area contributed by atoms with Gasteiger partial charge in [0, 0.05) is 19.5 Å². The van der Waals surface area contributed by atoms with Crippen molar-refractivity contribution in [3.05, 3.63) is 28.8 Å². The average Bonchev–Trinajstić information content (AvgIpc) is 3.50. The lowest BCUT2D eigenvalue weighted by Crippen LogP contribution is -2.36. The molecule has 1 aromatic carbocycles. The van der Waals surface area contributed by atoms with Crippen molar-refractivity contribution in [3.63, 3.8) is 0 Å². The molecule has 0 atom stereocenters. The Morgan fingerprint density at radius 2 is 1.56 bits per heavy atom. The predicted molar refractivity (Wildman–Crippen MR) is 96.5 cm³/mol. The van der Waals surface area contributed by atoms with E-state index in [1.54, 1.807) is 32.5 Å². The Morgan fingerprint density at radius 3 is 2.12 bits per heavy atom. The summed E-state index contributed by atoms with van der Waals surface area (Å²) in [4.78, 5) is 14.6. The Hall–Kier alpha value is -2.17. The Morgan fingerprint density at radius 1 is 0.920 bits per heavy atom. The lowest BCUT2D eigenvalue weighted by Gasteiger charge is -2.28. The van der Waals surface area contributed by atoms with Crippen molar-refractivity contribution in [3.8, 4) is 17.2 Å². The third-order valence-corrected chi connectivity index (χ3v) is 5.11. The zero-order chi connectivity index (χ0) is 17.8. The van der Waals surface area contributed by atoms with Crippen LogP contribution in [0.25, 0.3) is 0 Å². The first kappa shape index (κ1) is 17.6. The van der Waals surface area contributed by atoms with E-state index in [4.69, 9.17) is 14.2 Å². The van der Waals surface area contributed by atoms with Crippen LogP contribution in [0.2, 0.25) is 0 Å². The van der Waals surface area contributed by atoms with Crippen molar-refractivity contribution in [1.29, 1.82) is 0 Å². The van der Waals surface area contributed by atoms with Crippen LogP contribution < -0.4 is 14.2 Å². The van der Waals surface area contributed by atoms with E-state index >= 15 is 0 Å². The van der Waals surface area contributed by atoms with Gasteiger partial charge < -0.3 is 19.1 Å². The van der Waals surface area contributed by atoms with Crippen molar-refractivity contribution in [1.82, 2.24) is 4.90 Å². The Bertz CT molecular complexity index is 665. The van der Waals surface area contributed by atoms with Crippen LogP contribution in [-0.4, -0.2) is 45.2 Å². The third-order valence-electron chi connectivity index (χ3n) is 5.11. The van der Waals surface area contributed by atoms with Gasteiger partial charge in [-0.25, -0.2) is 0 Å². The first-order valence-corrected chi connectivity index (χ1v) is 8.93. The number of allylic oxidation sites excluding steroid dienone is 1. The molecule has 1 saturated heterocycles. The maximum Gasteiger partial charge on any atom is 0.222 e. The van der Waals surface area contributed by atoms with E-state index in [1.165, 1.54) is 12.8 Å². The summed E-state index contributed by atoms with van der Waals surface area (Å²) in [5, 5.41) is 0. The molecule has 1 aliphatic carbocycles. The molecule has 0 radical (unpaired) electrons. The second-order valence-corrected chi connectivity index (χ2v) is 6.58. The summed E-state index contributed by atoms with van der Waals surface area (Å²) < 4.78 is 16.2. The van der Waals surface area contributed by atoms with Gasteiger partial charge in [-0.2, -0.15) is 0 Å². The van der Waals surface area contributed by atoms with Crippen molar-refractivity contribution in [2.75, 3.05) is 34.4 Å². The monoisotopic (exact) mass is 345 g/mol. The largest absolute Gasteiger partial charge is 0.493 e. The van der Waals surface area contributed by atoms with E-state index in [1.807, 2.05) is 17.0 Å². The summed E-state index contributed by atoms with van der Waals surface area (Å²) in [5.41, 5.74) is 4.21. The lowest BCUT2D eigenvalue weighted by molar-refractivity contribution is -0.131. The Labute approximate surface area is 149 Å². The topological polar surface area (TPSA) is 48.0 Å². The van der Waals surface area contributed by atoms with Crippen molar-refractivity contribution in [2.24, 2.45) is 0 Å². The van der Waals surface area contributed by atoms with Crippen LogP contribution in [0.4, 0.5) is 0 Å². The predicted octanol–water partition coefficient (Wildman–Crippen LogP) is 3.36. The van der Waals surface area contributed by atoms with Crippen LogP contribution in [0.15, 0.2) is 23.3 Å². The van der Waals surface area contributed by atoms with Gasteiger partial charge in [-0.3, -0.25) is 4.79 Å². The molecule has 1 amide bonds. The molecule has 5 nitrogen and oxygen atoms in total. The highest BCUT2D eigenvalue weighted by Crippen LogP contribution is 2.40. The number of piperidine rings is 1. The molecule has 25 heavy (non-hydrogen) atoms. The van der Waals surface area contributed by atoms with Crippen LogP contribution in [0.3, 0.4) is 0 Å². The third kappa shape index (κ3) is 3.91. The SMILES string of the molecule is COc1ccc(CCC(=O)N2CCC(=C3CC3)CC2)c(OC)c1OC. The zero-order valence-electron chi connectivity index (χ0n) is 15.4. The van der Waals surface area contributed by atoms with Gasteiger partial charge in [0.25, 0.3) is 0 Å². The van der Waals surface area contributed by atoms with E-state index < -0.39 is 0 Å². The molecule has 2 fully saturated rings. The highest BCUT2D eigenvalue weighted by Gasteiger charge is 2.24. The van der Waals surface area contributed by atoms with Crippen molar-refractivity contribution in [2.45, 2.75) is 38.5 Å². The van der Waals surface area contributed by atoms with Crippen LogP contribution >= 0.6 is 0 Å². The molecular formula is C20H27NO4. The number of rotatable bonds is 6.